The van der Waals surface area contributed by atoms with Crippen LogP contribution in [0.15, 0.2) is 9.05 Å². The van der Waals surface area contributed by atoms with E-state index in [1.807, 2.05) is 41.5 Å². The summed E-state index contributed by atoms with van der Waals surface area (Å²) >= 11 is 0. The zero-order valence-corrected chi connectivity index (χ0v) is 33.8. The summed E-state index contributed by atoms with van der Waals surface area (Å²) in [5, 5.41) is 7.33. The molecule has 0 bridgehead atoms. The van der Waals surface area contributed by atoms with Gasteiger partial charge in [-0.25, -0.2) is 4.79 Å². The predicted octanol–water partition coefficient (Wildman–Crippen LogP) is 8.55. The minimum atomic E-state index is -0.738. The Kier molecular flexibility index (Phi) is 18.1. The molecule has 2 aliphatic carbocycles. The highest BCUT2D eigenvalue weighted by Gasteiger charge is 2.29. The van der Waals surface area contributed by atoms with Gasteiger partial charge in [-0.15, -0.1) is 0 Å². The van der Waals surface area contributed by atoms with Gasteiger partial charge in [0.2, 0.25) is 11.8 Å². The van der Waals surface area contributed by atoms with Crippen molar-refractivity contribution < 1.29 is 42.4 Å². The molecule has 2 atom stereocenters. The van der Waals surface area contributed by atoms with Crippen LogP contribution in [0.25, 0.3) is 0 Å². The van der Waals surface area contributed by atoms with E-state index >= 15 is 0 Å². The first-order valence-electron chi connectivity index (χ1n) is 20.1. The van der Waals surface area contributed by atoms with E-state index in [0.717, 1.165) is 50.4 Å². The minimum absolute atomic E-state index is 0.0988. The number of primary amides is 1. The van der Waals surface area contributed by atoms with Gasteiger partial charge in [0.15, 0.2) is 0 Å². The molecule has 4 rings (SSSR count). The van der Waals surface area contributed by atoms with Crippen molar-refractivity contribution >= 4 is 23.8 Å². The number of carbonyl (C=O) groups excluding carboxylic acids is 4. The Balaban J connectivity index is 0.000000291. The summed E-state index contributed by atoms with van der Waals surface area (Å²) in [5.41, 5.74) is 4.10. The largest absolute Gasteiger partial charge is 0.460 e. The summed E-state index contributed by atoms with van der Waals surface area (Å²) in [4.78, 5) is 55.9. The normalized spacial score (nSPS) is 16.8. The number of esters is 3. The first-order chi connectivity index (χ1) is 25.5. The highest BCUT2D eigenvalue weighted by molar-refractivity contribution is 5.88. The summed E-state index contributed by atoms with van der Waals surface area (Å²) in [5.74, 6) is -0.587. The SMILES string of the molecule is CC(C)(C)OC(=O)C[C@@H](CCCC1CCCCC1)c1nc(C(N)=O)no1.CCOC(=O)c1noc([C@H](CCCC2CCCCC2)CC(=O)OC(C)(C)C)n1. The molecule has 2 aromatic rings. The number of ether oxygens (including phenoxy) is 3. The number of hydrogen-bond acceptors (Lipinski definition) is 13. The number of hydrogen-bond donors (Lipinski definition) is 1. The number of rotatable bonds is 17. The lowest BCUT2D eigenvalue weighted by molar-refractivity contribution is -0.156. The van der Waals surface area contributed by atoms with Gasteiger partial charge in [-0.05, 0) is 78.3 Å². The molecule has 14 heteroatoms. The van der Waals surface area contributed by atoms with Gasteiger partial charge in [0.05, 0.1) is 19.4 Å². The van der Waals surface area contributed by atoms with Crippen LogP contribution in [0, 0.1) is 11.8 Å². The van der Waals surface area contributed by atoms with Crippen molar-refractivity contribution in [1.82, 2.24) is 20.3 Å². The Hall–Kier alpha value is -3.84. The maximum atomic E-state index is 12.3. The van der Waals surface area contributed by atoms with Crippen molar-refractivity contribution in [3.8, 4) is 0 Å². The molecule has 2 aromatic heterocycles. The van der Waals surface area contributed by atoms with Gasteiger partial charge in [0.1, 0.15) is 11.2 Å². The van der Waals surface area contributed by atoms with Crippen LogP contribution in [0.5, 0.6) is 0 Å². The minimum Gasteiger partial charge on any atom is -0.460 e. The van der Waals surface area contributed by atoms with Gasteiger partial charge in [0, 0.05) is 11.8 Å². The van der Waals surface area contributed by atoms with E-state index in [9.17, 15) is 19.2 Å². The topological polar surface area (TPSA) is 200 Å². The fraction of sp³-hybridized carbons (Fsp3) is 0.800. The van der Waals surface area contributed by atoms with Gasteiger partial charge in [-0.3, -0.25) is 14.4 Å². The molecule has 2 fully saturated rings. The third-order valence-electron chi connectivity index (χ3n) is 9.71. The Labute approximate surface area is 320 Å². The molecule has 0 spiro atoms. The average molecular weight is 760 g/mol. The molecule has 0 aliphatic heterocycles. The Morgan fingerprint density at radius 3 is 1.46 bits per heavy atom. The fourth-order valence-electron chi connectivity index (χ4n) is 7.23. The molecule has 0 saturated heterocycles. The number of nitrogens with zero attached hydrogens (tertiary/aromatic N) is 4. The molecule has 2 aliphatic rings. The lowest BCUT2D eigenvalue weighted by Crippen LogP contribution is -2.25. The summed E-state index contributed by atoms with van der Waals surface area (Å²) in [7, 11) is 0. The second-order valence-electron chi connectivity index (χ2n) is 16.8. The second kappa shape index (κ2) is 21.9. The van der Waals surface area contributed by atoms with E-state index in [2.05, 4.69) is 20.3 Å². The molecule has 0 aromatic carbocycles. The first kappa shape index (κ1) is 44.6. The molecule has 2 N–H and O–H groups in total. The van der Waals surface area contributed by atoms with Crippen molar-refractivity contribution in [2.24, 2.45) is 17.6 Å². The molecular formula is C40H65N5O9. The molecule has 304 valence electrons. The lowest BCUT2D eigenvalue weighted by atomic mass is 9.84. The molecular weight excluding hydrogens is 694 g/mol. The van der Waals surface area contributed by atoms with Crippen LogP contribution in [0.1, 0.15) is 209 Å². The van der Waals surface area contributed by atoms with Gasteiger partial charge in [0.25, 0.3) is 17.6 Å². The average Bonchev–Trinajstić information content (AvgIpc) is 3.79. The van der Waals surface area contributed by atoms with Crippen LogP contribution in [0.2, 0.25) is 0 Å². The van der Waals surface area contributed by atoms with E-state index in [1.54, 1.807) is 6.92 Å². The van der Waals surface area contributed by atoms with Gasteiger partial charge in [-0.1, -0.05) is 95.0 Å². The maximum Gasteiger partial charge on any atom is 0.379 e. The van der Waals surface area contributed by atoms with Crippen molar-refractivity contribution in [3.05, 3.63) is 23.4 Å². The zero-order chi connectivity index (χ0) is 39.7. The molecule has 0 unspecified atom stereocenters. The monoisotopic (exact) mass is 759 g/mol. The van der Waals surface area contributed by atoms with Crippen molar-refractivity contribution in [2.45, 2.75) is 187 Å². The smallest absolute Gasteiger partial charge is 0.379 e. The van der Waals surface area contributed by atoms with E-state index < -0.39 is 23.1 Å². The summed E-state index contributed by atoms with van der Waals surface area (Å²) < 4.78 is 26.3. The predicted molar refractivity (Wildman–Crippen MR) is 200 cm³/mol. The van der Waals surface area contributed by atoms with Crippen LogP contribution >= 0.6 is 0 Å². The van der Waals surface area contributed by atoms with Crippen molar-refractivity contribution in [3.63, 3.8) is 0 Å². The lowest BCUT2D eigenvalue weighted by Gasteiger charge is -2.23. The third-order valence-corrected chi connectivity index (χ3v) is 9.71. The van der Waals surface area contributed by atoms with Gasteiger partial charge >= 0.3 is 17.9 Å². The number of amides is 1. The summed E-state index contributed by atoms with van der Waals surface area (Å²) in [6.45, 7) is 13.0. The van der Waals surface area contributed by atoms with Crippen molar-refractivity contribution in [1.29, 1.82) is 0 Å². The fourth-order valence-corrected chi connectivity index (χ4v) is 7.23. The maximum absolute atomic E-state index is 12.3. The van der Waals surface area contributed by atoms with E-state index in [0.29, 0.717) is 5.89 Å². The van der Waals surface area contributed by atoms with E-state index in [-0.39, 0.29) is 60.8 Å². The van der Waals surface area contributed by atoms with Gasteiger partial charge < -0.3 is 29.0 Å². The second-order valence-corrected chi connectivity index (χ2v) is 16.8. The van der Waals surface area contributed by atoms with Crippen LogP contribution in [-0.4, -0.2) is 61.9 Å². The summed E-state index contributed by atoms with van der Waals surface area (Å²) in [6, 6.07) is 0. The molecule has 14 nitrogen and oxygen atoms in total. The number of aromatic nitrogens is 4. The van der Waals surface area contributed by atoms with Crippen molar-refractivity contribution in [2.75, 3.05) is 6.61 Å². The van der Waals surface area contributed by atoms with Crippen LogP contribution < -0.4 is 5.73 Å². The standard InChI is InChI=1S/C21H34N2O5.C19H31N3O4/c1-5-26-20(25)18-22-19(28-23-18)16(14-17(24)27-21(2,3)4)13-9-12-15-10-7-6-8-11-15;1-19(2,3)25-15(23)12-14(18-21-17(16(20)24)22-26-18)11-7-10-13-8-5-4-6-9-13/h15-16H,5-14H2,1-4H3;13-14H,4-12H2,1-3H3,(H2,20,24)/t16-;14-/m11/s1. The molecule has 2 heterocycles. The quantitative estimate of drug-likeness (QED) is 0.119. The molecule has 54 heavy (non-hydrogen) atoms. The van der Waals surface area contributed by atoms with E-state index in [1.165, 1.54) is 64.2 Å². The molecule has 1 amide bonds. The van der Waals surface area contributed by atoms with Crippen LogP contribution in [0.3, 0.4) is 0 Å². The number of nitrogens with two attached hydrogens (primary N) is 1. The molecule has 2 saturated carbocycles. The van der Waals surface area contributed by atoms with Gasteiger partial charge in [-0.2, -0.15) is 9.97 Å². The number of carbonyl (C=O) groups is 4. The van der Waals surface area contributed by atoms with E-state index in [4.69, 9.17) is 29.0 Å². The third kappa shape index (κ3) is 17.1. The summed E-state index contributed by atoms with van der Waals surface area (Å²) in [6.07, 6.45) is 19.2. The highest BCUT2D eigenvalue weighted by atomic mass is 16.6. The Morgan fingerprint density at radius 2 is 1.09 bits per heavy atom. The van der Waals surface area contributed by atoms with Crippen LogP contribution in [-0.2, 0) is 23.8 Å². The molecule has 0 radical (unpaired) electrons. The Bertz CT molecular complexity index is 1450. The Morgan fingerprint density at radius 1 is 0.685 bits per heavy atom. The van der Waals surface area contributed by atoms with Crippen LogP contribution in [0.4, 0.5) is 0 Å². The zero-order valence-electron chi connectivity index (χ0n) is 33.8. The first-order valence-corrected chi connectivity index (χ1v) is 20.1. The highest BCUT2D eigenvalue weighted by Crippen LogP contribution is 2.33.